The van der Waals surface area contributed by atoms with Crippen molar-refractivity contribution >= 4 is 6.08 Å². The normalized spacial score (nSPS) is 18.7. The standard InChI is InChI=1S/C28H29NO4/c1-30-24-12-19-10-11-21-22-14-26(32-3)25(31-2)13-20(22)17-29(16-18-8-6-5-7-9-18)28(21)23(19)15-27(24)33-4/h5-15,21,28H,16-17H2,1-4H3/t21-,28-/m0/s1. The minimum absolute atomic E-state index is 0.163. The summed E-state index contributed by atoms with van der Waals surface area (Å²) in [5, 5.41) is 0. The molecule has 33 heavy (non-hydrogen) atoms. The van der Waals surface area contributed by atoms with Crippen molar-refractivity contribution in [3.8, 4) is 23.0 Å². The van der Waals surface area contributed by atoms with Crippen LogP contribution in [0.2, 0.25) is 0 Å². The fourth-order valence-corrected chi connectivity index (χ4v) is 5.19. The topological polar surface area (TPSA) is 40.2 Å². The minimum atomic E-state index is 0.163. The number of benzene rings is 3. The quantitative estimate of drug-likeness (QED) is 0.497. The van der Waals surface area contributed by atoms with Crippen LogP contribution in [0.3, 0.4) is 0 Å². The highest BCUT2D eigenvalue weighted by Crippen LogP contribution is 2.51. The Morgan fingerprint density at radius 3 is 2.03 bits per heavy atom. The Morgan fingerprint density at radius 1 is 0.758 bits per heavy atom. The largest absolute Gasteiger partial charge is 0.493 e. The maximum Gasteiger partial charge on any atom is 0.161 e. The van der Waals surface area contributed by atoms with Gasteiger partial charge in [-0.1, -0.05) is 42.5 Å². The van der Waals surface area contributed by atoms with E-state index in [1.807, 2.05) is 0 Å². The Morgan fingerprint density at radius 2 is 1.36 bits per heavy atom. The SMILES string of the molecule is COc1cc2c(cc1OC)[C@@H]1[C@@H](C=C2)c2cc(OC)c(OC)cc2CN1Cc1ccccc1. The average molecular weight is 444 g/mol. The summed E-state index contributed by atoms with van der Waals surface area (Å²) in [5.41, 5.74) is 6.24. The molecule has 0 radical (unpaired) electrons. The van der Waals surface area contributed by atoms with Gasteiger partial charge in [0.25, 0.3) is 0 Å². The van der Waals surface area contributed by atoms with Crippen molar-refractivity contribution in [3.05, 3.63) is 88.5 Å². The molecule has 0 aromatic heterocycles. The smallest absolute Gasteiger partial charge is 0.161 e. The molecule has 0 fully saturated rings. The molecule has 0 bridgehead atoms. The highest BCUT2D eigenvalue weighted by Gasteiger charge is 2.39. The molecule has 170 valence electrons. The van der Waals surface area contributed by atoms with Crippen molar-refractivity contribution < 1.29 is 18.9 Å². The van der Waals surface area contributed by atoms with Crippen LogP contribution in [0.25, 0.3) is 6.08 Å². The van der Waals surface area contributed by atoms with Gasteiger partial charge < -0.3 is 18.9 Å². The van der Waals surface area contributed by atoms with Gasteiger partial charge in [0, 0.05) is 25.0 Å². The first-order valence-corrected chi connectivity index (χ1v) is 11.1. The van der Waals surface area contributed by atoms with E-state index < -0.39 is 0 Å². The van der Waals surface area contributed by atoms with Gasteiger partial charge in [0.2, 0.25) is 0 Å². The molecular weight excluding hydrogens is 414 g/mol. The predicted molar refractivity (Wildman–Crippen MR) is 129 cm³/mol. The number of hydrogen-bond acceptors (Lipinski definition) is 5. The maximum absolute atomic E-state index is 5.67. The minimum Gasteiger partial charge on any atom is -0.493 e. The summed E-state index contributed by atoms with van der Waals surface area (Å²) in [7, 11) is 6.75. The molecule has 0 amide bonds. The monoisotopic (exact) mass is 443 g/mol. The molecule has 0 N–H and O–H groups in total. The van der Waals surface area contributed by atoms with Gasteiger partial charge in [-0.05, 0) is 52.1 Å². The van der Waals surface area contributed by atoms with Gasteiger partial charge in [0.05, 0.1) is 28.4 Å². The molecule has 5 nitrogen and oxygen atoms in total. The number of rotatable bonds is 6. The van der Waals surface area contributed by atoms with Crippen molar-refractivity contribution in [2.75, 3.05) is 28.4 Å². The summed E-state index contributed by atoms with van der Waals surface area (Å²) in [6, 6.07) is 19.3. The lowest BCUT2D eigenvalue weighted by atomic mass is 9.75. The van der Waals surface area contributed by atoms with E-state index >= 15 is 0 Å². The Labute approximate surface area is 195 Å². The second-order valence-electron chi connectivity index (χ2n) is 8.46. The second-order valence-corrected chi connectivity index (χ2v) is 8.46. The van der Waals surface area contributed by atoms with Crippen LogP contribution in [-0.4, -0.2) is 33.3 Å². The Kier molecular flexibility index (Phi) is 5.73. The van der Waals surface area contributed by atoms with Crippen LogP contribution in [0.15, 0.2) is 60.7 Å². The molecule has 0 unspecified atom stereocenters. The van der Waals surface area contributed by atoms with E-state index in [-0.39, 0.29) is 12.0 Å². The lowest BCUT2D eigenvalue weighted by Gasteiger charge is -2.44. The van der Waals surface area contributed by atoms with Crippen LogP contribution < -0.4 is 18.9 Å². The Bertz CT molecular complexity index is 1190. The van der Waals surface area contributed by atoms with E-state index in [0.29, 0.717) is 0 Å². The van der Waals surface area contributed by atoms with E-state index in [9.17, 15) is 0 Å². The molecule has 5 heteroatoms. The maximum atomic E-state index is 5.67. The third-order valence-electron chi connectivity index (χ3n) is 6.73. The summed E-state index contributed by atoms with van der Waals surface area (Å²) in [4.78, 5) is 2.54. The number of methoxy groups -OCH3 is 4. The van der Waals surface area contributed by atoms with Gasteiger partial charge in [-0.15, -0.1) is 0 Å². The fourth-order valence-electron chi connectivity index (χ4n) is 5.19. The first-order chi connectivity index (χ1) is 16.2. The lowest BCUT2D eigenvalue weighted by Crippen LogP contribution is -2.37. The van der Waals surface area contributed by atoms with Crippen LogP contribution in [-0.2, 0) is 13.1 Å². The van der Waals surface area contributed by atoms with Crippen LogP contribution in [0, 0.1) is 0 Å². The van der Waals surface area contributed by atoms with Crippen LogP contribution in [0.5, 0.6) is 23.0 Å². The zero-order valence-corrected chi connectivity index (χ0v) is 19.5. The Balaban J connectivity index is 1.66. The van der Waals surface area contributed by atoms with Gasteiger partial charge in [-0.3, -0.25) is 4.90 Å². The van der Waals surface area contributed by atoms with Gasteiger partial charge in [-0.2, -0.15) is 0 Å². The highest BCUT2D eigenvalue weighted by molar-refractivity contribution is 5.66. The third-order valence-corrected chi connectivity index (χ3v) is 6.73. The van der Waals surface area contributed by atoms with Crippen molar-refractivity contribution in [2.45, 2.75) is 25.0 Å². The molecule has 0 saturated carbocycles. The summed E-state index contributed by atoms with van der Waals surface area (Å²) in [6.07, 6.45) is 4.51. The van der Waals surface area contributed by atoms with Crippen LogP contribution in [0.1, 0.15) is 39.8 Å². The second kappa shape index (κ2) is 8.83. The van der Waals surface area contributed by atoms with E-state index in [1.165, 1.54) is 22.3 Å². The summed E-state index contributed by atoms with van der Waals surface area (Å²) < 4.78 is 22.5. The molecule has 0 saturated heterocycles. The van der Waals surface area contributed by atoms with Gasteiger partial charge in [0.1, 0.15) is 0 Å². The first kappa shape index (κ1) is 21.4. The molecule has 5 rings (SSSR count). The zero-order chi connectivity index (χ0) is 22.9. The molecule has 3 aromatic carbocycles. The molecule has 1 aliphatic heterocycles. The van der Waals surface area contributed by atoms with Crippen LogP contribution >= 0.6 is 0 Å². The number of hydrogen-bond donors (Lipinski definition) is 0. The van der Waals surface area contributed by atoms with Gasteiger partial charge in [0.15, 0.2) is 23.0 Å². The molecule has 1 aliphatic carbocycles. The average Bonchev–Trinajstić information content (AvgIpc) is 2.87. The molecule has 2 aliphatic rings. The number of ether oxygens (including phenoxy) is 4. The predicted octanol–water partition coefficient (Wildman–Crippen LogP) is 5.59. The van der Waals surface area contributed by atoms with E-state index in [1.54, 1.807) is 28.4 Å². The van der Waals surface area contributed by atoms with E-state index in [2.05, 4.69) is 71.6 Å². The number of nitrogens with zero attached hydrogens (tertiary/aromatic N) is 1. The van der Waals surface area contributed by atoms with E-state index in [0.717, 1.165) is 41.7 Å². The van der Waals surface area contributed by atoms with Gasteiger partial charge in [-0.25, -0.2) is 0 Å². The van der Waals surface area contributed by atoms with Crippen LogP contribution in [0.4, 0.5) is 0 Å². The summed E-state index contributed by atoms with van der Waals surface area (Å²) >= 11 is 0. The molecule has 1 heterocycles. The highest BCUT2D eigenvalue weighted by atomic mass is 16.5. The Hall–Kier alpha value is -3.44. The van der Waals surface area contributed by atoms with Gasteiger partial charge >= 0.3 is 0 Å². The number of fused-ring (bicyclic) bond motifs is 5. The summed E-state index contributed by atoms with van der Waals surface area (Å²) in [6.45, 7) is 1.66. The van der Waals surface area contributed by atoms with E-state index in [4.69, 9.17) is 18.9 Å². The lowest BCUT2D eigenvalue weighted by molar-refractivity contribution is 0.147. The van der Waals surface area contributed by atoms with Crippen molar-refractivity contribution in [3.63, 3.8) is 0 Å². The molecule has 2 atom stereocenters. The van der Waals surface area contributed by atoms with Crippen molar-refractivity contribution in [2.24, 2.45) is 0 Å². The summed E-state index contributed by atoms with van der Waals surface area (Å²) in [5.74, 6) is 3.21. The molecule has 0 spiro atoms. The third kappa shape index (κ3) is 3.72. The molecule has 3 aromatic rings. The van der Waals surface area contributed by atoms with Crippen molar-refractivity contribution in [1.82, 2.24) is 4.90 Å². The first-order valence-electron chi connectivity index (χ1n) is 11.1. The fraction of sp³-hybridized carbons (Fsp3) is 0.286. The zero-order valence-electron chi connectivity index (χ0n) is 19.5. The van der Waals surface area contributed by atoms with Crippen molar-refractivity contribution in [1.29, 1.82) is 0 Å². The molecular formula is C28H29NO4.